The van der Waals surface area contributed by atoms with Crippen molar-refractivity contribution in [3.05, 3.63) is 35.6 Å². The summed E-state index contributed by atoms with van der Waals surface area (Å²) >= 11 is 0. The molecule has 126 valence electrons. The number of anilines is 1. The van der Waals surface area contributed by atoms with Gasteiger partial charge in [0.15, 0.2) is 17.3 Å². The van der Waals surface area contributed by atoms with Gasteiger partial charge in [-0.3, -0.25) is 14.5 Å². The van der Waals surface area contributed by atoms with E-state index < -0.39 is 0 Å². The summed E-state index contributed by atoms with van der Waals surface area (Å²) in [5, 5.41) is 6.58. The minimum Gasteiger partial charge on any atom is -0.454 e. The van der Waals surface area contributed by atoms with E-state index in [9.17, 15) is 9.59 Å². The number of aryl methyl sites for hydroxylation is 1. The highest BCUT2D eigenvalue weighted by Crippen LogP contribution is 2.32. The van der Waals surface area contributed by atoms with Crippen LogP contribution in [0.1, 0.15) is 23.0 Å². The highest BCUT2D eigenvalue weighted by atomic mass is 16.7. The van der Waals surface area contributed by atoms with Crippen LogP contribution in [-0.4, -0.2) is 36.9 Å². The minimum absolute atomic E-state index is 0.158. The predicted octanol–water partition coefficient (Wildman–Crippen LogP) is 1.49. The summed E-state index contributed by atoms with van der Waals surface area (Å²) in [5.74, 6) is 1.77. The van der Waals surface area contributed by atoms with Gasteiger partial charge in [0.1, 0.15) is 5.76 Å². The predicted molar refractivity (Wildman–Crippen MR) is 84.2 cm³/mol. The molecule has 2 heterocycles. The number of carbonyl (C=O) groups excluding carboxylic acids is 2. The van der Waals surface area contributed by atoms with Crippen LogP contribution < -0.4 is 19.7 Å². The largest absolute Gasteiger partial charge is 0.454 e. The zero-order chi connectivity index (χ0) is 17.1. The molecule has 1 aliphatic rings. The Morgan fingerprint density at radius 2 is 2.04 bits per heavy atom. The van der Waals surface area contributed by atoms with E-state index in [1.54, 1.807) is 31.2 Å². The highest BCUT2D eigenvalue weighted by Gasteiger charge is 2.18. The van der Waals surface area contributed by atoms with Gasteiger partial charge in [0.25, 0.3) is 5.91 Å². The van der Waals surface area contributed by atoms with Gasteiger partial charge in [0, 0.05) is 31.6 Å². The third-order valence-electron chi connectivity index (χ3n) is 3.53. The highest BCUT2D eigenvalue weighted by molar-refractivity contribution is 5.95. The first-order valence-electron chi connectivity index (χ1n) is 7.44. The SMILES string of the molecule is CC(=O)N(CCNC(=O)c1ccc2c(c1)OCO2)c1cc(C)on1. The van der Waals surface area contributed by atoms with Crippen LogP contribution in [0.15, 0.2) is 28.8 Å². The molecule has 1 N–H and O–H groups in total. The van der Waals surface area contributed by atoms with E-state index in [0.29, 0.717) is 28.6 Å². The van der Waals surface area contributed by atoms with Gasteiger partial charge < -0.3 is 19.3 Å². The Balaban J connectivity index is 1.58. The van der Waals surface area contributed by atoms with E-state index in [1.165, 1.54) is 11.8 Å². The molecule has 0 radical (unpaired) electrons. The first-order chi connectivity index (χ1) is 11.5. The molecule has 0 fully saturated rings. The monoisotopic (exact) mass is 331 g/mol. The van der Waals surface area contributed by atoms with Gasteiger partial charge in [-0.15, -0.1) is 0 Å². The Kier molecular flexibility index (Phi) is 4.37. The normalized spacial score (nSPS) is 12.1. The van der Waals surface area contributed by atoms with Crippen molar-refractivity contribution < 1.29 is 23.6 Å². The van der Waals surface area contributed by atoms with Crippen LogP contribution in [0.4, 0.5) is 5.82 Å². The quantitative estimate of drug-likeness (QED) is 0.892. The molecular formula is C16H17N3O5. The van der Waals surface area contributed by atoms with Crippen LogP contribution in [0, 0.1) is 6.92 Å². The summed E-state index contributed by atoms with van der Waals surface area (Å²) in [5.41, 5.74) is 0.464. The lowest BCUT2D eigenvalue weighted by molar-refractivity contribution is -0.116. The van der Waals surface area contributed by atoms with Crippen LogP contribution in [0.2, 0.25) is 0 Å². The molecule has 1 aromatic carbocycles. The molecule has 0 atom stereocenters. The molecule has 0 unspecified atom stereocenters. The lowest BCUT2D eigenvalue weighted by atomic mass is 10.2. The van der Waals surface area contributed by atoms with Gasteiger partial charge in [0.2, 0.25) is 12.7 Å². The second-order valence-corrected chi connectivity index (χ2v) is 5.29. The number of ether oxygens (including phenoxy) is 2. The standard InChI is InChI=1S/C16H17N3O5/c1-10-7-15(18-24-10)19(11(2)20)6-5-17-16(21)12-3-4-13-14(8-12)23-9-22-13/h3-4,7-8H,5-6,9H2,1-2H3,(H,17,21). The van der Waals surface area contributed by atoms with Crippen molar-refractivity contribution in [1.29, 1.82) is 0 Å². The average Bonchev–Trinajstić information content (AvgIpc) is 3.18. The van der Waals surface area contributed by atoms with Crippen LogP contribution in [-0.2, 0) is 4.79 Å². The number of nitrogens with zero attached hydrogens (tertiary/aromatic N) is 2. The summed E-state index contributed by atoms with van der Waals surface area (Å²) in [6.45, 7) is 3.90. The molecule has 24 heavy (non-hydrogen) atoms. The lowest BCUT2D eigenvalue weighted by Gasteiger charge is -2.17. The number of rotatable bonds is 5. The Morgan fingerprint density at radius 1 is 1.25 bits per heavy atom. The Morgan fingerprint density at radius 3 is 2.75 bits per heavy atom. The molecule has 0 bridgehead atoms. The van der Waals surface area contributed by atoms with E-state index in [4.69, 9.17) is 14.0 Å². The molecule has 1 aliphatic heterocycles. The molecular weight excluding hydrogens is 314 g/mol. The Bertz CT molecular complexity index is 771. The first-order valence-corrected chi connectivity index (χ1v) is 7.44. The van der Waals surface area contributed by atoms with Crippen molar-refractivity contribution >= 4 is 17.6 Å². The number of hydrogen-bond donors (Lipinski definition) is 1. The third-order valence-corrected chi connectivity index (χ3v) is 3.53. The number of carbonyl (C=O) groups is 2. The second-order valence-electron chi connectivity index (χ2n) is 5.29. The zero-order valence-corrected chi connectivity index (χ0v) is 13.4. The fourth-order valence-corrected chi connectivity index (χ4v) is 2.33. The topological polar surface area (TPSA) is 93.9 Å². The summed E-state index contributed by atoms with van der Waals surface area (Å²) in [7, 11) is 0. The van der Waals surface area contributed by atoms with Crippen molar-refractivity contribution in [3.8, 4) is 11.5 Å². The van der Waals surface area contributed by atoms with Crippen LogP contribution in [0.3, 0.4) is 0 Å². The van der Waals surface area contributed by atoms with Gasteiger partial charge in [-0.25, -0.2) is 0 Å². The Labute approximate surface area is 138 Å². The maximum Gasteiger partial charge on any atom is 0.251 e. The molecule has 8 heteroatoms. The molecule has 3 rings (SSSR count). The van der Waals surface area contributed by atoms with Crippen molar-refractivity contribution in [2.75, 3.05) is 24.8 Å². The summed E-state index contributed by atoms with van der Waals surface area (Å²) in [6, 6.07) is 6.65. The molecule has 0 saturated heterocycles. The van der Waals surface area contributed by atoms with E-state index in [-0.39, 0.29) is 31.7 Å². The van der Waals surface area contributed by atoms with Gasteiger partial charge in [-0.2, -0.15) is 0 Å². The molecule has 2 aromatic rings. The van der Waals surface area contributed by atoms with E-state index >= 15 is 0 Å². The van der Waals surface area contributed by atoms with Crippen molar-refractivity contribution in [1.82, 2.24) is 10.5 Å². The number of benzene rings is 1. The number of aromatic nitrogens is 1. The van der Waals surface area contributed by atoms with Gasteiger partial charge in [-0.1, -0.05) is 5.16 Å². The number of fused-ring (bicyclic) bond motifs is 1. The number of hydrogen-bond acceptors (Lipinski definition) is 6. The fourth-order valence-electron chi connectivity index (χ4n) is 2.33. The number of nitrogens with one attached hydrogen (secondary N) is 1. The lowest BCUT2D eigenvalue weighted by Crippen LogP contribution is -2.37. The van der Waals surface area contributed by atoms with Gasteiger partial charge in [-0.05, 0) is 25.1 Å². The molecule has 0 spiro atoms. The van der Waals surface area contributed by atoms with Crippen molar-refractivity contribution in [2.24, 2.45) is 0 Å². The third kappa shape index (κ3) is 3.32. The minimum atomic E-state index is -0.256. The average molecular weight is 331 g/mol. The maximum atomic E-state index is 12.2. The second kappa shape index (κ2) is 6.61. The molecule has 8 nitrogen and oxygen atoms in total. The van der Waals surface area contributed by atoms with E-state index in [1.807, 2.05) is 0 Å². The summed E-state index contributed by atoms with van der Waals surface area (Å²) < 4.78 is 15.4. The van der Waals surface area contributed by atoms with E-state index in [0.717, 1.165) is 0 Å². The Hall–Kier alpha value is -3.03. The van der Waals surface area contributed by atoms with Crippen molar-refractivity contribution in [3.63, 3.8) is 0 Å². The molecule has 0 saturated carbocycles. The number of amides is 2. The first kappa shape index (κ1) is 15.9. The fraction of sp³-hybridized carbons (Fsp3) is 0.312. The van der Waals surface area contributed by atoms with Crippen molar-refractivity contribution in [2.45, 2.75) is 13.8 Å². The maximum absolute atomic E-state index is 12.2. The summed E-state index contributed by atoms with van der Waals surface area (Å²) in [4.78, 5) is 25.4. The van der Waals surface area contributed by atoms with Gasteiger partial charge in [0.05, 0.1) is 0 Å². The van der Waals surface area contributed by atoms with Crippen LogP contribution >= 0.6 is 0 Å². The van der Waals surface area contributed by atoms with Crippen LogP contribution in [0.25, 0.3) is 0 Å². The smallest absolute Gasteiger partial charge is 0.251 e. The summed E-state index contributed by atoms with van der Waals surface area (Å²) in [6.07, 6.45) is 0. The molecule has 1 aromatic heterocycles. The van der Waals surface area contributed by atoms with E-state index in [2.05, 4.69) is 10.5 Å². The zero-order valence-electron chi connectivity index (χ0n) is 13.4. The molecule has 0 aliphatic carbocycles. The molecule has 2 amide bonds. The van der Waals surface area contributed by atoms with Gasteiger partial charge >= 0.3 is 0 Å². The van der Waals surface area contributed by atoms with Crippen LogP contribution in [0.5, 0.6) is 11.5 Å².